The van der Waals surface area contributed by atoms with Gasteiger partial charge in [0, 0.05) is 19.6 Å². The van der Waals surface area contributed by atoms with E-state index in [0.717, 1.165) is 45.2 Å². The molecule has 2 aliphatic heterocycles. The number of alkyl halides is 3. The van der Waals surface area contributed by atoms with Gasteiger partial charge in [-0.2, -0.15) is 13.2 Å². The van der Waals surface area contributed by atoms with Crippen LogP contribution in [0.25, 0.3) is 0 Å². The lowest BCUT2D eigenvalue weighted by Crippen LogP contribution is -2.36. The molecule has 0 bridgehead atoms. The number of amides is 1. The number of piperidine rings is 1. The minimum absolute atomic E-state index is 0.145. The predicted octanol–water partition coefficient (Wildman–Crippen LogP) is 2.72. The first kappa shape index (κ1) is 17.1. The molecule has 24 heavy (non-hydrogen) atoms. The SMILES string of the molecule is O=C(c1cc(CN2CCCC2)nc(C(F)(F)F)n1)N1CCCCC1. The van der Waals surface area contributed by atoms with Gasteiger partial charge in [-0.25, -0.2) is 9.97 Å². The molecular weight excluding hydrogens is 321 g/mol. The van der Waals surface area contributed by atoms with Crippen molar-refractivity contribution in [1.29, 1.82) is 0 Å². The molecule has 1 amide bonds. The molecule has 0 radical (unpaired) electrons. The van der Waals surface area contributed by atoms with Crippen LogP contribution in [0.5, 0.6) is 0 Å². The fourth-order valence-corrected chi connectivity index (χ4v) is 3.24. The molecule has 132 valence electrons. The maximum absolute atomic E-state index is 13.1. The number of aromatic nitrogens is 2. The van der Waals surface area contributed by atoms with Crippen molar-refractivity contribution in [3.05, 3.63) is 23.3 Å². The van der Waals surface area contributed by atoms with E-state index in [1.165, 1.54) is 6.07 Å². The molecule has 0 atom stereocenters. The number of carbonyl (C=O) groups excluding carboxylic acids is 1. The molecule has 2 aliphatic rings. The van der Waals surface area contributed by atoms with Crippen LogP contribution in [-0.4, -0.2) is 51.9 Å². The van der Waals surface area contributed by atoms with Gasteiger partial charge in [0.05, 0.1) is 5.69 Å². The smallest absolute Gasteiger partial charge is 0.337 e. The highest BCUT2D eigenvalue weighted by atomic mass is 19.4. The van der Waals surface area contributed by atoms with Crippen molar-refractivity contribution in [3.8, 4) is 0 Å². The normalized spacial score (nSPS) is 19.7. The molecule has 2 saturated heterocycles. The monoisotopic (exact) mass is 342 g/mol. The molecule has 8 heteroatoms. The Kier molecular flexibility index (Phi) is 5.03. The lowest BCUT2D eigenvalue weighted by Gasteiger charge is -2.26. The first-order chi connectivity index (χ1) is 11.4. The van der Waals surface area contributed by atoms with E-state index in [0.29, 0.717) is 19.6 Å². The van der Waals surface area contributed by atoms with Crippen LogP contribution < -0.4 is 0 Å². The van der Waals surface area contributed by atoms with Crippen LogP contribution in [0.1, 0.15) is 54.1 Å². The second-order valence-electron chi connectivity index (χ2n) is 6.40. The summed E-state index contributed by atoms with van der Waals surface area (Å²) in [7, 11) is 0. The third-order valence-corrected chi connectivity index (χ3v) is 4.48. The maximum atomic E-state index is 13.1. The summed E-state index contributed by atoms with van der Waals surface area (Å²) >= 11 is 0. The lowest BCUT2D eigenvalue weighted by molar-refractivity contribution is -0.145. The zero-order chi connectivity index (χ0) is 17.2. The van der Waals surface area contributed by atoms with Crippen molar-refractivity contribution in [3.63, 3.8) is 0 Å². The summed E-state index contributed by atoms with van der Waals surface area (Å²) in [5.41, 5.74) is 0.119. The van der Waals surface area contributed by atoms with Gasteiger partial charge in [-0.3, -0.25) is 9.69 Å². The van der Waals surface area contributed by atoms with Crippen molar-refractivity contribution in [2.24, 2.45) is 0 Å². The fraction of sp³-hybridized carbons (Fsp3) is 0.688. The van der Waals surface area contributed by atoms with Gasteiger partial charge in [0.15, 0.2) is 0 Å². The number of hydrogen-bond donors (Lipinski definition) is 0. The first-order valence-corrected chi connectivity index (χ1v) is 8.40. The predicted molar refractivity (Wildman–Crippen MR) is 81.3 cm³/mol. The van der Waals surface area contributed by atoms with Gasteiger partial charge in [0.2, 0.25) is 5.82 Å². The zero-order valence-electron chi connectivity index (χ0n) is 13.5. The molecular formula is C16H21F3N4O. The Balaban J connectivity index is 1.87. The summed E-state index contributed by atoms with van der Waals surface area (Å²) in [4.78, 5) is 23.3. The Hall–Kier alpha value is -1.70. The third-order valence-electron chi connectivity index (χ3n) is 4.48. The molecule has 0 N–H and O–H groups in total. The van der Waals surface area contributed by atoms with Gasteiger partial charge >= 0.3 is 6.18 Å². The topological polar surface area (TPSA) is 49.3 Å². The van der Waals surface area contributed by atoms with Crippen molar-refractivity contribution < 1.29 is 18.0 Å². The Morgan fingerprint density at radius 2 is 1.62 bits per heavy atom. The van der Waals surface area contributed by atoms with E-state index in [2.05, 4.69) is 14.9 Å². The molecule has 0 saturated carbocycles. The second kappa shape index (κ2) is 7.04. The van der Waals surface area contributed by atoms with Gasteiger partial charge in [0.25, 0.3) is 5.91 Å². The molecule has 3 heterocycles. The van der Waals surface area contributed by atoms with E-state index < -0.39 is 17.9 Å². The van der Waals surface area contributed by atoms with Gasteiger partial charge in [-0.15, -0.1) is 0 Å². The molecule has 0 aliphatic carbocycles. The van der Waals surface area contributed by atoms with Crippen LogP contribution in [0.15, 0.2) is 6.07 Å². The van der Waals surface area contributed by atoms with Crippen LogP contribution in [0.3, 0.4) is 0 Å². The number of rotatable bonds is 3. The van der Waals surface area contributed by atoms with Crippen LogP contribution in [0.4, 0.5) is 13.2 Å². The quantitative estimate of drug-likeness (QED) is 0.847. The summed E-state index contributed by atoms with van der Waals surface area (Å²) in [6, 6.07) is 1.42. The Labute approximate surface area is 138 Å². The molecule has 3 rings (SSSR count). The number of carbonyl (C=O) groups is 1. The molecule has 0 unspecified atom stereocenters. The standard InChI is InChI=1S/C16H21F3N4O/c17-16(18,19)15-20-12(11-22-6-4-5-7-22)10-13(21-15)14(24)23-8-2-1-3-9-23/h10H,1-9,11H2. The Bertz CT molecular complexity index is 593. The first-order valence-electron chi connectivity index (χ1n) is 8.40. The van der Waals surface area contributed by atoms with Crippen molar-refractivity contribution >= 4 is 5.91 Å². The average molecular weight is 342 g/mol. The number of halogens is 3. The van der Waals surface area contributed by atoms with Crippen molar-refractivity contribution in [2.75, 3.05) is 26.2 Å². The Morgan fingerprint density at radius 1 is 1.00 bits per heavy atom. The molecule has 1 aromatic rings. The van der Waals surface area contributed by atoms with E-state index in [1.807, 2.05) is 0 Å². The minimum atomic E-state index is -4.65. The van der Waals surface area contributed by atoms with E-state index in [4.69, 9.17) is 0 Å². The summed E-state index contributed by atoms with van der Waals surface area (Å²) in [5, 5.41) is 0. The van der Waals surface area contributed by atoms with Gasteiger partial charge in [-0.05, 0) is 51.3 Å². The van der Waals surface area contributed by atoms with Crippen LogP contribution in [-0.2, 0) is 12.7 Å². The average Bonchev–Trinajstić information content (AvgIpc) is 3.07. The molecule has 0 spiro atoms. The van der Waals surface area contributed by atoms with E-state index in [9.17, 15) is 18.0 Å². The van der Waals surface area contributed by atoms with E-state index in [-0.39, 0.29) is 11.4 Å². The summed E-state index contributed by atoms with van der Waals surface area (Å²) < 4.78 is 39.3. The Morgan fingerprint density at radius 3 is 2.25 bits per heavy atom. The van der Waals surface area contributed by atoms with Gasteiger partial charge in [0.1, 0.15) is 5.69 Å². The van der Waals surface area contributed by atoms with E-state index >= 15 is 0 Å². The summed E-state index contributed by atoms with van der Waals surface area (Å²) in [6.45, 7) is 3.17. The highest BCUT2D eigenvalue weighted by Crippen LogP contribution is 2.27. The minimum Gasteiger partial charge on any atom is -0.337 e. The largest absolute Gasteiger partial charge is 0.451 e. The number of nitrogens with zero attached hydrogens (tertiary/aromatic N) is 4. The van der Waals surface area contributed by atoms with Gasteiger partial charge < -0.3 is 4.90 Å². The third kappa shape index (κ3) is 4.03. The molecule has 2 fully saturated rings. The van der Waals surface area contributed by atoms with Crippen LogP contribution in [0, 0.1) is 0 Å². The molecule has 0 aromatic carbocycles. The van der Waals surface area contributed by atoms with Crippen LogP contribution in [0.2, 0.25) is 0 Å². The van der Waals surface area contributed by atoms with Crippen molar-refractivity contribution in [1.82, 2.24) is 19.8 Å². The highest BCUT2D eigenvalue weighted by molar-refractivity contribution is 5.92. The molecule has 5 nitrogen and oxygen atoms in total. The number of hydrogen-bond acceptors (Lipinski definition) is 4. The zero-order valence-corrected chi connectivity index (χ0v) is 13.5. The lowest BCUT2D eigenvalue weighted by atomic mass is 10.1. The summed E-state index contributed by atoms with van der Waals surface area (Å²) in [6.07, 6.45) is 0.222. The molecule has 1 aromatic heterocycles. The maximum Gasteiger partial charge on any atom is 0.451 e. The fourth-order valence-electron chi connectivity index (χ4n) is 3.24. The van der Waals surface area contributed by atoms with Gasteiger partial charge in [-0.1, -0.05) is 0 Å². The van der Waals surface area contributed by atoms with Crippen molar-refractivity contribution in [2.45, 2.75) is 44.8 Å². The van der Waals surface area contributed by atoms with E-state index in [1.54, 1.807) is 4.90 Å². The summed E-state index contributed by atoms with van der Waals surface area (Å²) in [5.74, 6) is -1.65. The number of likely N-dealkylation sites (tertiary alicyclic amines) is 2. The highest BCUT2D eigenvalue weighted by Gasteiger charge is 2.36. The van der Waals surface area contributed by atoms with Crippen LogP contribution >= 0.6 is 0 Å². The second-order valence-corrected chi connectivity index (χ2v) is 6.40.